The van der Waals surface area contributed by atoms with Crippen molar-refractivity contribution in [1.82, 2.24) is 20.0 Å². The van der Waals surface area contributed by atoms with Gasteiger partial charge in [-0.05, 0) is 48.5 Å². The highest BCUT2D eigenvalue weighted by molar-refractivity contribution is 6.31. The largest absolute Gasteiger partial charge is 0.496 e. The Morgan fingerprint density at radius 2 is 1.91 bits per heavy atom. The highest BCUT2D eigenvalue weighted by Gasteiger charge is 2.31. The van der Waals surface area contributed by atoms with Gasteiger partial charge in [-0.1, -0.05) is 28.9 Å². The van der Waals surface area contributed by atoms with Gasteiger partial charge in [0.2, 0.25) is 0 Å². The third-order valence-electron chi connectivity index (χ3n) is 5.60. The van der Waals surface area contributed by atoms with Gasteiger partial charge in [0.1, 0.15) is 23.6 Å². The molecule has 0 saturated carbocycles. The van der Waals surface area contributed by atoms with Crippen LogP contribution >= 0.6 is 11.6 Å². The van der Waals surface area contributed by atoms with Gasteiger partial charge < -0.3 is 15.0 Å². The zero-order valence-corrected chi connectivity index (χ0v) is 18.9. The van der Waals surface area contributed by atoms with Crippen molar-refractivity contribution in [3.8, 4) is 16.9 Å². The van der Waals surface area contributed by atoms with E-state index in [1.54, 1.807) is 28.9 Å². The molecule has 0 bridgehead atoms. The third kappa shape index (κ3) is 4.17. The number of aromatic amines is 1. The average molecular weight is 500 g/mol. The summed E-state index contributed by atoms with van der Waals surface area (Å²) in [5.41, 5.74) is 0.853. The van der Waals surface area contributed by atoms with Crippen molar-refractivity contribution < 1.29 is 17.9 Å². The Hall–Kier alpha value is -4.05. The molecule has 5 aromatic rings. The number of nitrogens with zero attached hydrogens (tertiary/aromatic N) is 3. The molecule has 11 heteroatoms. The summed E-state index contributed by atoms with van der Waals surface area (Å²) in [4.78, 5) is 15.8. The predicted molar refractivity (Wildman–Crippen MR) is 128 cm³/mol. The van der Waals surface area contributed by atoms with E-state index in [2.05, 4.69) is 20.6 Å². The van der Waals surface area contributed by atoms with Crippen LogP contribution in [0.2, 0.25) is 5.02 Å². The number of H-pyrrole nitrogens is 1. The first-order valence-electron chi connectivity index (χ1n) is 10.4. The lowest BCUT2D eigenvalue weighted by Crippen LogP contribution is -2.19. The number of nitrogens with one attached hydrogen (secondary N) is 2. The molecule has 35 heavy (non-hydrogen) atoms. The predicted octanol–water partition coefficient (Wildman–Crippen LogP) is 5.69. The number of hydrogen-bond donors (Lipinski definition) is 2. The lowest BCUT2D eigenvalue weighted by Gasteiger charge is -2.18. The van der Waals surface area contributed by atoms with E-state index in [9.17, 15) is 18.0 Å². The van der Waals surface area contributed by atoms with E-state index in [0.717, 1.165) is 17.6 Å². The van der Waals surface area contributed by atoms with Crippen LogP contribution < -0.4 is 15.6 Å². The Morgan fingerprint density at radius 1 is 1.11 bits per heavy atom. The number of para-hydroxylation sites is 1. The van der Waals surface area contributed by atoms with Gasteiger partial charge >= 0.3 is 6.18 Å². The number of anilines is 1. The molecule has 0 atom stereocenters. The van der Waals surface area contributed by atoms with Crippen molar-refractivity contribution in [2.75, 3.05) is 12.4 Å². The third-order valence-corrected chi connectivity index (χ3v) is 5.83. The van der Waals surface area contributed by atoms with E-state index in [-0.39, 0.29) is 28.8 Å². The summed E-state index contributed by atoms with van der Waals surface area (Å²) < 4.78 is 47.7. The minimum atomic E-state index is -4.58. The first-order chi connectivity index (χ1) is 16.8. The van der Waals surface area contributed by atoms with Gasteiger partial charge in [0.05, 0.1) is 18.2 Å². The van der Waals surface area contributed by atoms with Gasteiger partial charge in [-0.3, -0.25) is 4.79 Å². The second-order valence-corrected chi connectivity index (χ2v) is 8.16. The molecule has 2 N–H and O–H groups in total. The van der Waals surface area contributed by atoms with Crippen LogP contribution in [0.5, 0.6) is 5.75 Å². The van der Waals surface area contributed by atoms with E-state index in [0.29, 0.717) is 21.9 Å². The van der Waals surface area contributed by atoms with Crippen molar-refractivity contribution in [3.63, 3.8) is 0 Å². The van der Waals surface area contributed by atoms with Gasteiger partial charge in [-0.2, -0.15) is 13.2 Å². The van der Waals surface area contributed by atoms with Crippen LogP contribution in [0, 0.1) is 0 Å². The molecule has 0 amide bonds. The van der Waals surface area contributed by atoms with Crippen LogP contribution in [0.3, 0.4) is 0 Å². The molecule has 2 heterocycles. The summed E-state index contributed by atoms with van der Waals surface area (Å²) in [5.74, 6) is 0.341. The van der Waals surface area contributed by atoms with Gasteiger partial charge in [0.25, 0.3) is 5.56 Å². The standard InChI is InChI=1S/C24H17ClF3N5O2/c1-35-20-9-7-14(25)11-16(20)21-15-10-13(24(26,27)28)6-8-17(15)30-23(34)22(21)29-12-33-19-5-3-2-4-18(19)31-32-33/h2-11,29H,12H2,1H3,(H,30,34). The molecule has 0 spiro atoms. The second kappa shape index (κ2) is 8.62. The number of halogens is 4. The maximum atomic E-state index is 13.6. The van der Waals surface area contributed by atoms with E-state index < -0.39 is 17.3 Å². The zero-order chi connectivity index (χ0) is 24.7. The molecule has 0 aliphatic carbocycles. The molecule has 178 valence electrons. The fraction of sp³-hybridized carbons (Fsp3) is 0.125. The molecular weight excluding hydrogens is 483 g/mol. The summed E-state index contributed by atoms with van der Waals surface area (Å²) in [7, 11) is 1.43. The Balaban J connectivity index is 1.75. The van der Waals surface area contributed by atoms with Gasteiger partial charge in [0, 0.05) is 27.1 Å². The quantitative estimate of drug-likeness (QED) is 0.324. The first kappa shape index (κ1) is 22.7. The lowest BCUT2D eigenvalue weighted by molar-refractivity contribution is -0.137. The molecule has 5 rings (SSSR count). The summed E-state index contributed by atoms with van der Waals surface area (Å²) in [6.45, 7) is 0.0317. The fourth-order valence-corrected chi connectivity index (χ4v) is 4.15. The SMILES string of the molecule is COc1ccc(Cl)cc1-c1c(NCn2nnc3ccccc32)c(=O)[nH]c2ccc(C(F)(F)F)cc12. The number of pyridine rings is 1. The number of fused-ring (bicyclic) bond motifs is 2. The average Bonchev–Trinajstić information content (AvgIpc) is 3.24. The monoisotopic (exact) mass is 499 g/mol. The molecule has 0 saturated heterocycles. The van der Waals surface area contributed by atoms with Crippen LogP contribution in [0.4, 0.5) is 18.9 Å². The van der Waals surface area contributed by atoms with Crippen molar-refractivity contribution in [2.24, 2.45) is 0 Å². The Bertz CT molecular complexity index is 1630. The van der Waals surface area contributed by atoms with Gasteiger partial charge in [-0.25, -0.2) is 4.68 Å². The topological polar surface area (TPSA) is 84.8 Å². The number of rotatable bonds is 5. The molecule has 2 aromatic heterocycles. The van der Waals surface area contributed by atoms with E-state index >= 15 is 0 Å². The summed E-state index contributed by atoms with van der Waals surface area (Å²) in [6, 6.07) is 15.1. The molecule has 0 radical (unpaired) electrons. The van der Waals surface area contributed by atoms with Crippen LogP contribution in [-0.4, -0.2) is 27.1 Å². The number of aromatic nitrogens is 4. The zero-order valence-electron chi connectivity index (χ0n) is 18.2. The molecule has 0 fully saturated rings. The normalized spacial score (nSPS) is 11.8. The second-order valence-electron chi connectivity index (χ2n) is 7.72. The van der Waals surface area contributed by atoms with Gasteiger partial charge in [-0.15, -0.1) is 5.10 Å². The number of hydrogen-bond acceptors (Lipinski definition) is 5. The minimum absolute atomic E-state index is 0.0317. The van der Waals surface area contributed by atoms with E-state index in [4.69, 9.17) is 16.3 Å². The van der Waals surface area contributed by atoms with Crippen molar-refractivity contribution >= 4 is 39.2 Å². The van der Waals surface area contributed by atoms with Crippen molar-refractivity contribution in [2.45, 2.75) is 12.8 Å². The molecule has 0 unspecified atom stereocenters. The minimum Gasteiger partial charge on any atom is -0.496 e. The fourth-order valence-electron chi connectivity index (χ4n) is 3.98. The van der Waals surface area contributed by atoms with Crippen molar-refractivity contribution in [3.05, 3.63) is 81.6 Å². The van der Waals surface area contributed by atoms with E-state index in [1.807, 2.05) is 18.2 Å². The maximum absolute atomic E-state index is 13.6. The van der Waals surface area contributed by atoms with Crippen LogP contribution in [0.25, 0.3) is 33.1 Å². The lowest BCUT2D eigenvalue weighted by atomic mass is 9.97. The highest BCUT2D eigenvalue weighted by Crippen LogP contribution is 2.41. The number of benzene rings is 3. The Morgan fingerprint density at radius 3 is 2.69 bits per heavy atom. The van der Waals surface area contributed by atoms with Crippen LogP contribution in [-0.2, 0) is 12.8 Å². The van der Waals surface area contributed by atoms with Crippen LogP contribution in [0.1, 0.15) is 5.56 Å². The molecule has 0 aliphatic rings. The van der Waals surface area contributed by atoms with Crippen LogP contribution in [0.15, 0.2) is 65.5 Å². The smallest absolute Gasteiger partial charge is 0.416 e. The highest BCUT2D eigenvalue weighted by atomic mass is 35.5. The molecule has 7 nitrogen and oxygen atoms in total. The van der Waals surface area contributed by atoms with E-state index in [1.165, 1.54) is 13.2 Å². The summed E-state index contributed by atoms with van der Waals surface area (Å²) >= 11 is 6.23. The molecule has 0 aliphatic heterocycles. The maximum Gasteiger partial charge on any atom is 0.416 e. The number of alkyl halides is 3. The summed E-state index contributed by atoms with van der Waals surface area (Å²) in [5, 5.41) is 11.7. The number of ether oxygens (including phenoxy) is 1. The molecule has 3 aromatic carbocycles. The number of methoxy groups -OCH3 is 1. The summed E-state index contributed by atoms with van der Waals surface area (Å²) in [6.07, 6.45) is -4.58. The first-order valence-corrected chi connectivity index (χ1v) is 10.8. The Labute approximate surface area is 201 Å². The Kier molecular flexibility index (Phi) is 5.60. The van der Waals surface area contributed by atoms with Gasteiger partial charge in [0.15, 0.2) is 0 Å². The van der Waals surface area contributed by atoms with Crippen molar-refractivity contribution in [1.29, 1.82) is 0 Å². The molecular formula is C24H17ClF3N5O2.